The van der Waals surface area contributed by atoms with Crippen LogP contribution in [0.5, 0.6) is 0 Å². The molecule has 0 saturated heterocycles. The second-order valence-corrected chi connectivity index (χ2v) is 6.49. The molecular weight excluding hydrogens is 370 g/mol. The topological polar surface area (TPSA) is 97.2 Å². The summed E-state index contributed by atoms with van der Waals surface area (Å²) >= 11 is 0. The summed E-state index contributed by atoms with van der Waals surface area (Å²) in [5.41, 5.74) is 1.29. The van der Waals surface area contributed by atoms with Crippen LogP contribution in [0.4, 0.5) is 5.69 Å². The third kappa shape index (κ3) is 4.03. The number of benzene rings is 2. The Morgan fingerprint density at radius 3 is 2.76 bits per heavy atom. The quantitative estimate of drug-likeness (QED) is 0.483. The largest absolute Gasteiger partial charge is 0.467 e. The van der Waals surface area contributed by atoms with E-state index >= 15 is 0 Å². The number of H-pyrrole nitrogens is 1. The van der Waals surface area contributed by atoms with Gasteiger partial charge in [-0.05, 0) is 43.3 Å². The second-order valence-electron chi connectivity index (χ2n) is 6.49. The number of carbonyl (C=O) groups excluding carboxylic acids is 1. The number of aromatic amines is 1. The lowest BCUT2D eigenvalue weighted by molar-refractivity contribution is 0.0321. The molecule has 4 aromatic rings. The number of para-hydroxylation sites is 2. The Kier molecular flexibility index (Phi) is 5.11. The molecule has 0 bridgehead atoms. The maximum Gasteiger partial charge on any atom is 0.340 e. The number of ether oxygens (including phenoxy) is 1. The molecule has 29 heavy (non-hydrogen) atoms. The zero-order chi connectivity index (χ0) is 20.2. The minimum absolute atomic E-state index is 0.269. The molecule has 4 rings (SSSR count). The van der Waals surface area contributed by atoms with Crippen LogP contribution in [0.3, 0.4) is 0 Å². The lowest BCUT2D eigenvalue weighted by Crippen LogP contribution is -2.18. The molecule has 0 radical (unpaired) electrons. The molecule has 2 aromatic carbocycles. The highest BCUT2D eigenvalue weighted by Crippen LogP contribution is 2.21. The van der Waals surface area contributed by atoms with Gasteiger partial charge in [-0.2, -0.15) is 0 Å². The second kappa shape index (κ2) is 8.02. The van der Waals surface area contributed by atoms with Crippen molar-refractivity contribution < 1.29 is 13.9 Å². The Balaban J connectivity index is 1.53. The fourth-order valence-electron chi connectivity index (χ4n) is 2.99. The minimum Gasteiger partial charge on any atom is -0.467 e. The van der Waals surface area contributed by atoms with Gasteiger partial charge in [-0.25, -0.2) is 9.78 Å². The van der Waals surface area contributed by atoms with E-state index in [4.69, 9.17) is 9.15 Å². The first-order valence-electron chi connectivity index (χ1n) is 9.17. The number of hydrogen-bond donors (Lipinski definition) is 2. The Morgan fingerprint density at radius 2 is 1.93 bits per heavy atom. The predicted octanol–water partition coefficient (Wildman–Crippen LogP) is 4.05. The lowest BCUT2D eigenvalue weighted by Gasteiger charge is -2.15. The number of fused-ring (bicyclic) bond motifs is 1. The maximum atomic E-state index is 12.8. The lowest BCUT2D eigenvalue weighted by atomic mass is 10.1. The van der Waals surface area contributed by atoms with Crippen LogP contribution in [-0.2, 0) is 11.3 Å². The van der Waals surface area contributed by atoms with Gasteiger partial charge < -0.3 is 19.5 Å². The van der Waals surface area contributed by atoms with Gasteiger partial charge in [0.25, 0.3) is 5.56 Å². The molecule has 7 nitrogen and oxygen atoms in total. The summed E-state index contributed by atoms with van der Waals surface area (Å²) in [7, 11) is 0. The molecule has 1 atom stereocenters. The number of esters is 1. The first-order chi connectivity index (χ1) is 14.1. The molecule has 2 aromatic heterocycles. The fraction of sp³-hybridized carbons (Fsp3) is 0.136. The standard InChI is InChI=1S/C22H19N3O4/c1-14(20-24-19-11-5-2-8-16(19)21(26)25-20)29-22(27)17-9-3-4-10-18(17)23-13-15-7-6-12-28-15/h2-12,14,23H,13H2,1H3,(H,24,25,26). The summed E-state index contributed by atoms with van der Waals surface area (Å²) in [5.74, 6) is 0.526. The van der Waals surface area contributed by atoms with Crippen molar-refractivity contribution in [2.45, 2.75) is 19.6 Å². The Morgan fingerprint density at radius 1 is 1.14 bits per heavy atom. The van der Waals surface area contributed by atoms with E-state index in [1.165, 1.54) is 0 Å². The number of hydrogen-bond acceptors (Lipinski definition) is 6. The monoisotopic (exact) mass is 389 g/mol. The van der Waals surface area contributed by atoms with Crippen LogP contribution in [0.15, 0.2) is 76.1 Å². The smallest absolute Gasteiger partial charge is 0.340 e. The molecule has 2 N–H and O–H groups in total. The fourth-order valence-corrected chi connectivity index (χ4v) is 2.99. The average molecular weight is 389 g/mol. The van der Waals surface area contributed by atoms with Crippen molar-refractivity contribution in [2.24, 2.45) is 0 Å². The number of rotatable bonds is 6. The van der Waals surface area contributed by atoms with E-state index in [0.29, 0.717) is 34.5 Å². The molecule has 7 heteroatoms. The summed E-state index contributed by atoms with van der Waals surface area (Å²) in [6, 6.07) is 17.7. The van der Waals surface area contributed by atoms with E-state index in [9.17, 15) is 9.59 Å². The Hall–Kier alpha value is -3.87. The normalized spacial score (nSPS) is 11.9. The van der Waals surface area contributed by atoms with Gasteiger partial charge in [0.15, 0.2) is 11.9 Å². The summed E-state index contributed by atoms with van der Waals surface area (Å²) in [4.78, 5) is 32.1. The van der Waals surface area contributed by atoms with Crippen molar-refractivity contribution in [1.82, 2.24) is 9.97 Å². The molecule has 146 valence electrons. The first-order valence-corrected chi connectivity index (χ1v) is 9.17. The van der Waals surface area contributed by atoms with E-state index < -0.39 is 12.1 Å². The molecule has 0 fully saturated rings. The third-order valence-electron chi connectivity index (χ3n) is 4.48. The van der Waals surface area contributed by atoms with Gasteiger partial charge in [0.2, 0.25) is 0 Å². The Labute approximate surface area is 166 Å². The molecule has 0 saturated carbocycles. The number of anilines is 1. The average Bonchev–Trinajstić information content (AvgIpc) is 3.26. The van der Waals surface area contributed by atoms with Crippen molar-refractivity contribution in [1.29, 1.82) is 0 Å². The minimum atomic E-state index is -0.724. The summed E-state index contributed by atoms with van der Waals surface area (Å²) < 4.78 is 10.9. The van der Waals surface area contributed by atoms with Crippen molar-refractivity contribution in [3.8, 4) is 0 Å². The van der Waals surface area contributed by atoms with Crippen LogP contribution >= 0.6 is 0 Å². The SMILES string of the molecule is CC(OC(=O)c1ccccc1NCc1ccco1)c1nc2ccccc2c(=O)[nH]1. The summed E-state index contributed by atoms with van der Waals surface area (Å²) in [6.45, 7) is 2.11. The van der Waals surface area contributed by atoms with Gasteiger partial charge in [0.1, 0.15) is 5.76 Å². The maximum absolute atomic E-state index is 12.8. The van der Waals surface area contributed by atoms with Crippen LogP contribution < -0.4 is 10.9 Å². The predicted molar refractivity (Wildman–Crippen MR) is 109 cm³/mol. The molecule has 0 spiro atoms. The molecule has 0 aliphatic carbocycles. The molecule has 0 aliphatic heterocycles. The number of furan rings is 1. The van der Waals surface area contributed by atoms with Crippen molar-refractivity contribution in [3.05, 3.63) is 94.4 Å². The van der Waals surface area contributed by atoms with Gasteiger partial charge in [-0.15, -0.1) is 0 Å². The zero-order valence-corrected chi connectivity index (χ0v) is 15.7. The molecule has 0 amide bonds. The van der Waals surface area contributed by atoms with Gasteiger partial charge >= 0.3 is 5.97 Å². The molecule has 0 aliphatic rings. The third-order valence-corrected chi connectivity index (χ3v) is 4.48. The van der Waals surface area contributed by atoms with E-state index in [1.807, 2.05) is 12.1 Å². The van der Waals surface area contributed by atoms with Crippen molar-refractivity contribution in [3.63, 3.8) is 0 Å². The van der Waals surface area contributed by atoms with Gasteiger partial charge in [0.05, 0.1) is 29.3 Å². The van der Waals surface area contributed by atoms with Crippen LogP contribution in [-0.4, -0.2) is 15.9 Å². The highest BCUT2D eigenvalue weighted by Gasteiger charge is 2.19. The molecule has 1 unspecified atom stereocenters. The summed E-state index contributed by atoms with van der Waals surface area (Å²) in [6.07, 6.45) is 0.869. The molecular formula is C22H19N3O4. The van der Waals surface area contributed by atoms with Gasteiger partial charge in [0, 0.05) is 5.69 Å². The van der Waals surface area contributed by atoms with Gasteiger partial charge in [-0.1, -0.05) is 24.3 Å². The first kappa shape index (κ1) is 18.5. The number of aromatic nitrogens is 2. The van der Waals surface area contributed by atoms with E-state index in [-0.39, 0.29) is 5.56 Å². The number of carbonyl (C=O) groups is 1. The van der Waals surface area contributed by atoms with Crippen LogP contribution in [0.2, 0.25) is 0 Å². The summed E-state index contributed by atoms with van der Waals surface area (Å²) in [5, 5.41) is 3.66. The van der Waals surface area contributed by atoms with Crippen LogP contribution in [0.1, 0.15) is 35.0 Å². The van der Waals surface area contributed by atoms with Crippen molar-refractivity contribution >= 4 is 22.6 Å². The van der Waals surface area contributed by atoms with E-state index in [2.05, 4.69) is 15.3 Å². The van der Waals surface area contributed by atoms with Crippen LogP contribution in [0, 0.1) is 0 Å². The Bertz CT molecular complexity index is 1200. The van der Waals surface area contributed by atoms with Crippen molar-refractivity contribution in [2.75, 3.05) is 5.32 Å². The highest BCUT2D eigenvalue weighted by atomic mass is 16.5. The highest BCUT2D eigenvalue weighted by molar-refractivity contribution is 5.95. The number of nitrogens with one attached hydrogen (secondary N) is 2. The van der Waals surface area contributed by atoms with Gasteiger partial charge in [-0.3, -0.25) is 4.79 Å². The number of nitrogens with zero attached hydrogens (tertiary/aromatic N) is 1. The molecule has 2 heterocycles. The zero-order valence-electron chi connectivity index (χ0n) is 15.7. The van der Waals surface area contributed by atoms with Crippen LogP contribution in [0.25, 0.3) is 10.9 Å². The van der Waals surface area contributed by atoms with E-state index in [0.717, 1.165) is 5.76 Å². The van der Waals surface area contributed by atoms with E-state index in [1.54, 1.807) is 61.7 Å².